The number of aliphatic hydroxyl groups excluding tert-OH is 5. The molecular formula is C35H58O9. The molecule has 7 fully saturated rings. The van der Waals surface area contributed by atoms with Crippen molar-refractivity contribution in [2.45, 2.75) is 166 Å². The molecule has 0 radical (unpaired) electrons. The van der Waals surface area contributed by atoms with Crippen LogP contribution in [0.1, 0.15) is 106 Å². The van der Waals surface area contributed by atoms with Crippen LogP contribution in [0.4, 0.5) is 0 Å². The molecule has 0 unspecified atom stereocenters. The first-order chi connectivity index (χ1) is 20.3. The third-order valence-corrected chi connectivity index (χ3v) is 15.5. The van der Waals surface area contributed by atoms with Gasteiger partial charge < -0.3 is 44.8 Å². The molecule has 0 aromatic heterocycles. The predicted molar refractivity (Wildman–Crippen MR) is 161 cm³/mol. The Balaban J connectivity index is 1.15. The second-order valence-corrected chi connectivity index (χ2v) is 18.3. The van der Waals surface area contributed by atoms with Gasteiger partial charge in [-0.15, -0.1) is 0 Å². The molecule has 16 atom stereocenters. The van der Waals surface area contributed by atoms with Crippen LogP contribution in [0, 0.1) is 44.8 Å². The monoisotopic (exact) mass is 622 g/mol. The third kappa shape index (κ3) is 3.97. The zero-order valence-electron chi connectivity index (χ0n) is 27.8. The second-order valence-electron chi connectivity index (χ2n) is 18.3. The van der Waals surface area contributed by atoms with E-state index in [2.05, 4.69) is 34.6 Å². The van der Waals surface area contributed by atoms with Crippen LogP contribution in [0.25, 0.3) is 0 Å². The van der Waals surface area contributed by atoms with E-state index in [1.165, 1.54) is 0 Å². The van der Waals surface area contributed by atoms with Crippen molar-refractivity contribution in [2.24, 2.45) is 44.8 Å². The molecule has 2 saturated heterocycles. The van der Waals surface area contributed by atoms with Gasteiger partial charge in [-0.3, -0.25) is 0 Å². The van der Waals surface area contributed by atoms with E-state index >= 15 is 0 Å². The fourth-order valence-electron chi connectivity index (χ4n) is 13.4. The van der Waals surface area contributed by atoms with Gasteiger partial charge in [0.05, 0.1) is 42.2 Å². The minimum atomic E-state index is -1.33. The maximum atomic E-state index is 12.1. The first-order valence-electron chi connectivity index (χ1n) is 17.4. The summed E-state index contributed by atoms with van der Waals surface area (Å²) in [7, 11) is 0. The Morgan fingerprint density at radius 2 is 1.45 bits per heavy atom. The molecule has 6 N–H and O–H groups in total. The van der Waals surface area contributed by atoms with Crippen LogP contribution in [0.15, 0.2) is 0 Å². The number of aliphatic hydroxyl groups is 6. The van der Waals surface area contributed by atoms with Gasteiger partial charge in [0.25, 0.3) is 0 Å². The van der Waals surface area contributed by atoms with Gasteiger partial charge in [-0.1, -0.05) is 27.7 Å². The minimum Gasteiger partial charge on any atom is -0.393 e. The van der Waals surface area contributed by atoms with Crippen molar-refractivity contribution in [2.75, 3.05) is 6.61 Å². The maximum Gasteiger partial charge on any atom is 0.186 e. The summed E-state index contributed by atoms with van der Waals surface area (Å²) in [5, 5.41) is 65.5. The number of hydrogen-bond acceptors (Lipinski definition) is 9. The topological polar surface area (TPSA) is 149 Å². The molecule has 252 valence electrons. The van der Waals surface area contributed by atoms with Crippen LogP contribution in [-0.4, -0.2) is 97.5 Å². The van der Waals surface area contributed by atoms with Crippen LogP contribution in [0.5, 0.6) is 0 Å². The van der Waals surface area contributed by atoms with Crippen molar-refractivity contribution >= 4 is 0 Å². The quantitative estimate of drug-likeness (QED) is 0.260. The summed E-state index contributed by atoms with van der Waals surface area (Å²) in [4.78, 5) is 0. The Morgan fingerprint density at radius 1 is 0.750 bits per heavy atom. The second kappa shape index (κ2) is 9.63. The van der Waals surface area contributed by atoms with Crippen LogP contribution >= 0.6 is 0 Å². The van der Waals surface area contributed by atoms with Gasteiger partial charge in [0.2, 0.25) is 0 Å². The Bertz CT molecular complexity index is 1160. The average Bonchev–Trinajstić information content (AvgIpc) is 3.27. The normalized spacial score (nSPS) is 59.8. The van der Waals surface area contributed by atoms with Crippen LogP contribution in [0.2, 0.25) is 0 Å². The Morgan fingerprint density at radius 3 is 2.11 bits per heavy atom. The maximum absolute atomic E-state index is 12.1. The lowest BCUT2D eigenvalue weighted by Gasteiger charge is -2.64. The van der Waals surface area contributed by atoms with Crippen LogP contribution in [0.3, 0.4) is 0 Å². The summed E-state index contributed by atoms with van der Waals surface area (Å²) in [6.45, 7) is 14.8. The van der Waals surface area contributed by atoms with Crippen molar-refractivity contribution in [1.82, 2.24) is 0 Å². The van der Waals surface area contributed by atoms with E-state index in [1.54, 1.807) is 0 Å². The fraction of sp³-hybridized carbons (Fsp3) is 1.00. The van der Waals surface area contributed by atoms with Crippen molar-refractivity contribution in [3.63, 3.8) is 0 Å². The summed E-state index contributed by atoms with van der Waals surface area (Å²) < 4.78 is 18.7. The first-order valence-corrected chi connectivity index (χ1v) is 17.4. The molecule has 0 aromatic rings. The van der Waals surface area contributed by atoms with E-state index in [0.29, 0.717) is 18.8 Å². The lowest BCUT2D eigenvalue weighted by atomic mass is 9.41. The lowest BCUT2D eigenvalue weighted by Crippen LogP contribution is -2.63. The summed E-state index contributed by atoms with van der Waals surface area (Å²) in [5.41, 5.74) is -2.01. The minimum absolute atomic E-state index is 0.00753. The van der Waals surface area contributed by atoms with Crippen LogP contribution < -0.4 is 0 Å². The molecule has 5 saturated carbocycles. The first kappa shape index (κ1) is 32.2. The van der Waals surface area contributed by atoms with E-state index in [9.17, 15) is 30.6 Å². The molecule has 0 bridgehead atoms. The zero-order valence-corrected chi connectivity index (χ0v) is 27.8. The van der Waals surface area contributed by atoms with Crippen molar-refractivity contribution < 1.29 is 44.8 Å². The van der Waals surface area contributed by atoms with Gasteiger partial charge in [0, 0.05) is 5.92 Å². The largest absolute Gasteiger partial charge is 0.393 e. The average molecular weight is 623 g/mol. The van der Waals surface area contributed by atoms with Crippen molar-refractivity contribution in [1.29, 1.82) is 0 Å². The number of ether oxygens (including phenoxy) is 3. The highest BCUT2D eigenvalue weighted by molar-refractivity contribution is 5.33. The Hall–Kier alpha value is -0.360. The molecule has 2 aliphatic heterocycles. The number of hydrogen-bond donors (Lipinski definition) is 6. The number of rotatable bonds is 4. The van der Waals surface area contributed by atoms with Crippen molar-refractivity contribution in [3.8, 4) is 0 Å². The lowest BCUT2D eigenvalue weighted by molar-refractivity contribution is -0.306. The summed E-state index contributed by atoms with van der Waals surface area (Å²) in [6.07, 6.45) is 1.57. The molecule has 9 heteroatoms. The van der Waals surface area contributed by atoms with E-state index < -0.39 is 53.4 Å². The molecule has 5 aliphatic carbocycles. The molecule has 7 aliphatic rings. The third-order valence-electron chi connectivity index (χ3n) is 15.5. The standard InChI is InChI=1S/C35H58O9/c1-29(2)22(43-28-25(40)24(39)20(38)16-42-28)9-11-35-17-34(35)13-12-31(5)27(33(7)10-8-23(44-33)30(3,4)41)19(37)15-32(31,6)21(34)14-18(36)26(29)35/h18-28,36-41H,8-17H2,1-7H3/t18-,19+,20-,21-,22-,23+,24-,25-,26+,27-,28-,31-,32+,33-,34+,35-/m1/s1. The molecule has 2 heterocycles. The highest BCUT2D eigenvalue weighted by Crippen LogP contribution is 2.89. The van der Waals surface area contributed by atoms with Gasteiger partial charge in [0.15, 0.2) is 6.29 Å². The molecule has 0 aromatic carbocycles. The predicted octanol–water partition coefficient (Wildman–Crippen LogP) is 2.90. The molecule has 9 nitrogen and oxygen atoms in total. The molecular weight excluding hydrogens is 564 g/mol. The molecule has 7 rings (SSSR count). The van der Waals surface area contributed by atoms with Gasteiger partial charge in [-0.05, 0) is 117 Å². The SMILES string of the molecule is CC(C)(O)[C@@H]1CC[C@](C)([C@@H]2[C@@H](O)C[C@@]3(C)[C@H]4C[C@@H](O)[C@H]5C(C)(C)[C@H](O[C@H]6OC[C@@H](O)[C@@H](O)[C@H]6O)CC[C@@]56C[C@@]46CC[C@]23C)O1. The smallest absolute Gasteiger partial charge is 0.186 e. The van der Waals surface area contributed by atoms with E-state index in [-0.39, 0.29) is 52.3 Å². The summed E-state index contributed by atoms with van der Waals surface area (Å²) >= 11 is 0. The molecule has 2 spiro atoms. The van der Waals surface area contributed by atoms with Gasteiger partial charge in [-0.25, -0.2) is 0 Å². The van der Waals surface area contributed by atoms with E-state index in [0.717, 1.165) is 44.9 Å². The van der Waals surface area contributed by atoms with Crippen molar-refractivity contribution in [3.05, 3.63) is 0 Å². The molecule has 0 amide bonds. The fourth-order valence-corrected chi connectivity index (χ4v) is 13.4. The van der Waals surface area contributed by atoms with Crippen LogP contribution in [-0.2, 0) is 14.2 Å². The highest BCUT2D eigenvalue weighted by Gasteiger charge is 2.85. The Kier molecular flexibility index (Phi) is 7.04. The number of fused-ring (bicyclic) bond motifs is 2. The van der Waals surface area contributed by atoms with Gasteiger partial charge >= 0.3 is 0 Å². The zero-order chi connectivity index (χ0) is 32.0. The molecule has 44 heavy (non-hydrogen) atoms. The van der Waals surface area contributed by atoms with E-state index in [1.807, 2.05) is 13.8 Å². The summed E-state index contributed by atoms with van der Waals surface area (Å²) in [5.74, 6) is 0.285. The highest BCUT2D eigenvalue weighted by atomic mass is 16.7. The Labute approximate surface area is 262 Å². The van der Waals surface area contributed by atoms with Gasteiger partial charge in [0.1, 0.15) is 18.3 Å². The summed E-state index contributed by atoms with van der Waals surface area (Å²) in [6, 6.07) is 0. The van der Waals surface area contributed by atoms with E-state index in [4.69, 9.17) is 14.2 Å². The van der Waals surface area contributed by atoms with Gasteiger partial charge in [-0.2, -0.15) is 0 Å².